The van der Waals surface area contributed by atoms with E-state index >= 15 is 0 Å². The first-order chi connectivity index (χ1) is 8.26. The fourth-order valence-electron chi connectivity index (χ4n) is 2.18. The van der Waals surface area contributed by atoms with Crippen LogP contribution >= 0.6 is 0 Å². The SMILES string of the molecule is COc1ccc(C(N)C2CCCO2)c(OC)c1. The second-order valence-corrected chi connectivity index (χ2v) is 4.19. The molecule has 0 amide bonds. The van der Waals surface area contributed by atoms with Gasteiger partial charge < -0.3 is 19.9 Å². The molecule has 0 spiro atoms. The molecule has 0 aliphatic carbocycles. The molecule has 2 unspecified atom stereocenters. The highest BCUT2D eigenvalue weighted by Crippen LogP contribution is 2.33. The molecule has 1 fully saturated rings. The average Bonchev–Trinajstić information content (AvgIpc) is 2.91. The van der Waals surface area contributed by atoms with Crippen LogP contribution in [0.4, 0.5) is 0 Å². The molecule has 4 heteroatoms. The lowest BCUT2D eigenvalue weighted by Crippen LogP contribution is -2.25. The van der Waals surface area contributed by atoms with E-state index < -0.39 is 0 Å². The van der Waals surface area contributed by atoms with Gasteiger partial charge in [-0.3, -0.25) is 0 Å². The topological polar surface area (TPSA) is 53.7 Å². The zero-order valence-corrected chi connectivity index (χ0v) is 10.3. The minimum Gasteiger partial charge on any atom is -0.497 e. The van der Waals surface area contributed by atoms with Crippen LogP contribution in [0.2, 0.25) is 0 Å². The van der Waals surface area contributed by atoms with Crippen LogP contribution in [0.25, 0.3) is 0 Å². The number of rotatable bonds is 4. The second-order valence-electron chi connectivity index (χ2n) is 4.19. The molecule has 0 radical (unpaired) electrons. The number of nitrogens with two attached hydrogens (primary N) is 1. The molecule has 1 aliphatic heterocycles. The van der Waals surface area contributed by atoms with Gasteiger partial charge in [0.25, 0.3) is 0 Å². The Balaban J connectivity index is 2.23. The molecule has 2 N–H and O–H groups in total. The Labute approximate surface area is 102 Å². The summed E-state index contributed by atoms with van der Waals surface area (Å²) in [5, 5.41) is 0. The predicted octanol–water partition coefficient (Wildman–Crippen LogP) is 1.88. The van der Waals surface area contributed by atoms with E-state index in [1.807, 2.05) is 18.2 Å². The van der Waals surface area contributed by atoms with Crippen LogP contribution in [0.5, 0.6) is 11.5 Å². The first-order valence-corrected chi connectivity index (χ1v) is 5.85. The van der Waals surface area contributed by atoms with Crippen LogP contribution in [0.3, 0.4) is 0 Å². The molecule has 1 aromatic carbocycles. The molecule has 4 nitrogen and oxygen atoms in total. The maximum Gasteiger partial charge on any atom is 0.127 e. The third kappa shape index (κ3) is 2.53. The van der Waals surface area contributed by atoms with Gasteiger partial charge in [0.15, 0.2) is 0 Å². The van der Waals surface area contributed by atoms with Crippen molar-refractivity contribution in [3.63, 3.8) is 0 Å². The molecule has 1 heterocycles. The van der Waals surface area contributed by atoms with E-state index in [9.17, 15) is 0 Å². The van der Waals surface area contributed by atoms with E-state index in [1.54, 1.807) is 14.2 Å². The van der Waals surface area contributed by atoms with Gasteiger partial charge in [0.1, 0.15) is 11.5 Å². The standard InChI is InChI=1S/C13H19NO3/c1-15-9-5-6-10(12(8-9)16-2)13(14)11-4-3-7-17-11/h5-6,8,11,13H,3-4,7,14H2,1-2H3. The summed E-state index contributed by atoms with van der Waals surface area (Å²) in [6.07, 6.45) is 2.19. The highest BCUT2D eigenvalue weighted by atomic mass is 16.5. The van der Waals surface area contributed by atoms with Crippen LogP contribution in [-0.4, -0.2) is 26.9 Å². The summed E-state index contributed by atoms with van der Waals surface area (Å²) in [6.45, 7) is 0.802. The third-order valence-corrected chi connectivity index (χ3v) is 3.17. The van der Waals surface area contributed by atoms with Crippen LogP contribution in [0, 0.1) is 0 Å². The largest absolute Gasteiger partial charge is 0.497 e. The maximum absolute atomic E-state index is 6.22. The Morgan fingerprint density at radius 3 is 2.76 bits per heavy atom. The third-order valence-electron chi connectivity index (χ3n) is 3.17. The molecule has 1 aliphatic rings. The van der Waals surface area contributed by atoms with E-state index in [2.05, 4.69) is 0 Å². The molecule has 0 saturated carbocycles. The molecule has 1 saturated heterocycles. The minimum atomic E-state index is -0.140. The number of ether oxygens (including phenoxy) is 3. The van der Waals surface area contributed by atoms with Crippen LogP contribution in [-0.2, 0) is 4.74 Å². The first-order valence-electron chi connectivity index (χ1n) is 5.85. The summed E-state index contributed by atoms with van der Waals surface area (Å²) >= 11 is 0. The monoisotopic (exact) mass is 237 g/mol. The number of methoxy groups -OCH3 is 2. The number of benzene rings is 1. The Bertz CT molecular complexity index is 375. The maximum atomic E-state index is 6.22. The van der Waals surface area contributed by atoms with E-state index in [-0.39, 0.29) is 12.1 Å². The highest BCUT2D eigenvalue weighted by molar-refractivity contribution is 5.42. The molecule has 2 atom stereocenters. The van der Waals surface area contributed by atoms with E-state index in [0.717, 1.165) is 36.5 Å². The quantitative estimate of drug-likeness (QED) is 0.868. The molecule has 94 valence electrons. The lowest BCUT2D eigenvalue weighted by atomic mass is 9.99. The zero-order valence-electron chi connectivity index (χ0n) is 10.3. The minimum absolute atomic E-state index is 0.0947. The Kier molecular flexibility index (Phi) is 3.86. The van der Waals surface area contributed by atoms with Crippen LogP contribution in [0.1, 0.15) is 24.4 Å². The number of hydrogen-bond acceptors (Lipinski definition) is 4. The average molecular weight is 237 g/mol. The van der Waals surface area contributed by atoms with Gasteiger partial charge in [-0.15, -0.1) is 0 Å². The smallest absolute Gasteiger partial charge is 0.127 e. The molecule has 0 bridgehead atoms. The summed E-state index contributed by atoms with van der Waals surface area (Å²) in [4.78, 5) is 0. The van der Waals surface area contributed by atoms with Crippen LogP contribution < -0.4 is 15.2 Å². The van der Waals surface area contributed by atoms with Crippen molar-refractivity contribution in [3.05, 3.63) is 23.8 Å². The Morgan fingerprint density at radius 2 is 2.18 bits per heavy atom. The fraction of sp³-hybridized carbons (Fsp3) is 0.538. The highest BCUT2D eigenvalue weighted by Gasteiger charge is 2.26. The lowest BCUT2D eigenvalue weighted by Gasteiger charge is -2.21. The van der Waals surface area contributed by atoms with Gasteiger partial charge in [-0.2, -0.15) is 0 Å². The summed E-state index contributed by atoms with van der Waals surface area (Å²) in [5.41, 5.74) is 7.19. The molecular formula is C13H19NO3. The van der Waals surface area contributed by atoms with Crippen molar-refractivity contribution in [2.75, 3.05) is 20.8 Å². The molecule has 0 aromatic heterocycles. The predicted molar refractivity (Wildman–Crippen MR) is 65.4 cm³/mol. The van der Waals surface area contributed by atoms with Gasteiger partial charge in [0.2, 0.25) is 0 Å². The van der Waals surface area contributed by atoms with Crippen molar-refractivity contribution < 1.29 is 14.2 Å². The lowest BCUT2D eigenvalue weighted by molar-refractivity contribution is 0.0892. The summed E-state index contributed by atoms with van der Waals surface area (Å²) in [6, 6.07) is 5.55. The summed E-state index contributed by atoms with van der Waals surface area (Å²) in [5.74, 6) is 1.53. The number of hydrogen-bond donors (Lipinski definition) is 1. The van der Waals surface area contributed by atoms with Gasteiger partial charge in [0.05, 0.1) is 26.4 Å². The van der Waals surface area contributed by atoms with Crippen molar-refractivity contribution in [1.82, 2.24) is 0 Å². The van der Waals surface area contributed by atoms with Gasteiger partial charge in [-0.05, 0) is 25.0 Å². The van der Waals surface area contributed by atoms with E-state index in [1.165, 1.54) is 0 Å². The Morgan fingerprint density at radius 1 is 1.35 bits per heavy atom. The Hall–Kier alpha value is -1.26. The molecule has 1 aromatic rings. The van der Waals surface area contributed by atoms with Gasteiger partial charge in [0, 0.05) is 18.2 Å². The molecule has 2 rings (SSSR count). The molecular weight excluding hydrogens is 218 g/mol. The van der Waals surface area contributed by atoms with Crippen molar-refractivity contribution in [1.29, 1.82) is 0 Å². The van der Waals surface area contributed by atoms with Crippen molar-refractivity contribution in [2.45, 2.75) is 25.0 Å². The van der Waals surface area contributed by atoms with Crippen molar-refractivity contribution >= 4 is 0 Å². The van der Waals surface area contributed by atoms with E-state index in [4.69, 9.17) is 19.9 Å². The van der Waals surface area contributed by atoms with E-state index in [0.29, 0.717) is 0 Å². The first kappa shape index (κ1) is 12.2. The van der Waals surface area contributed by atoms with Gasteiger partial charge in [-0.25, -0.2) is 0 Å². The van der Waals surface area contributed by atoms with Crippen molar-refractivity contribution in [2.24, 2.45) is 5.73 Å². The molecule has 17 heavy (non-hydrogen) atoms. The van der Waals surface area contributed by atoms with Crippen LogP contribution in [0.15, 0.2) is 18.2 Å². The van der Waals surface area contributed by atoms with Gasteiger partial charge >= 0.3 is 0 Å². The summed E-state index contributed by atoms with van der Waals surface area (Å²) < 4.78 is 16.1. The fourth-order valence-corrected chi connectivity index (χ4v) is 2.18. The second kappa shape index (κ2) is 5.38. The van der Waals surface area contributed by atoms with Gasteiger partial charge in [-0.1, -0.05) is 0 Å². The van der Waals surface area contributed by atoms with Crippen molar-refractivity contribution in [3.8, 4) is 11.5 Å². The normalized spacial score (nSPS) is 21.2. The summed E-state index contributed by atoms with van der Waals surface area (Å²) in [7, 11) is 3.27. The zero-order chi connectivity index (χ0) is 12.3.